The van der Waals surface area contributed by atoms with Crippen molar-refractivity contribution in [1.82, 2.24) is 9.55 Å². The highest BCUT2D eigenvalue weighted by Crippen LogP contribution is 2.49. The van der Waals surface area contributed by atoms with Crippen molar-refractivity contribution < 1.29 is 31.9 Å². The van der Waals surface area contributed by atoms with E-state index in [1.165, 1.54) is 22.8 Å². The Morgan fingerprint density at radius 2 is 1.69 bits per heavy atom. The minimum Gasteiger partial charge on any atom is -0.449 e. The Morgan fingerprint density at radius 3 is 2.28 bits per heavy atom. The van der Waals surface area contributed by atoms with E-state index in [4.69, 9.17) is 13.8 Å². The molecule has 0 amide bonds. The van der Waals surface area contributed by atoms with Crippen LogP contribution in [0.1, 0.15) is 32.8 Å². The number of halogens is 2. The Balaban J connectivity index is 2.29. The second kappa shape index (κ2) is 10.3. The van der Waals surface area contributed by atoms with Crippen LogP contribution in [0.3, 0.4) is 0 Å². The highest BCUT2D eigenvalue weighted by molar-refractivity contribution is 7.62. The van der Waals surface area contributed by atoms with Crippen LogP contribution in [0.15, 0.2) is 53.3 Å². The van der Waals surface area contributed by atoms with E-state index < -0.39 is 25.7 Å². The summed E-state index contributed by atoms with van der Waals surface area (Å²) in [6, 6.07) is 12.3. The SMILES string of the molecule is CCOC(=O)n1c2ccc(C(F)F)cc2c2[nH]c(=O)c(P(=O)(OCC)OCC)c(-c3ccccc3)c21. The minimum absolute atomic E-state index is 0.0123. The van der Waals surface area contributed by atoms with Crippen molar-refractivity contribution >= 4 is 40.9 Å². The fourth-order valence-electron chi connectivity index (χ4n) is 4.23. The summed E-state index contributed by atoms with van der Waals surface area (Å²) in [6.07, 6.45) is -3.56. The number of benzene rings is 2. The van der Waals surface area contributed by atoms with E-state index in [9.17, 15) is 22.9 Å². The third-order valence-corrected chi connectivity index (χ3v) is 7.73. The molecule has 4 rings (SSSR count). The molecule has 0 aliphatic heterocycles. The number of pyridine rings is 1. The lowest BCUT2D eigenvalue weighted by molar-refractivity contribution is 0.151. The number of carbonyl (C=O) groups excluding carboxylic acids is 1. The van der Waals surface area contributed by atoms with E-state index in [1.807, 2.05) is 0 Å². The summed E-state index contributed by atoms with van der Waals surface area (Å²) in [7, 11) is -4.18. The molecule has 0 saturated carbocycles. The van der Waals surface area contributed by atoms with Crippen LogP contribution < -0.4 is 10.9 Å². The molecule has 0 atom stereocenters. The lowest BCUT2D eigenvalue weighted by Gasteiger charge is -2.20. The number of aromatic amines is 1. The molecule has 0 saturated heterocycles. The van der Waals surface area contributed by atoms with Gasteiger partial charge in [0.05, 0.1) is 36.4 Å². The first-order valence-electron chi connectivity index (χ1n) is 11.4. The van der Waals surface area contributed by atoms with Crippen LogP contribution in [-0.4, -0.2) is 35.5 Å². The van der Waals surface area contributed by atoms with Crippen molar-refractivity contribution in [3.05, 3.63) is 64.4 Å². The number of alkyl halides is 2. The number of nitrogens with zero attached hydrogens (tertiary/aromatic N) is 1. The summed E-state index contributed by atoms with van der Waals surface area (Å²) in [5.74, 6) is 0. The van der Waals surface area contributed by atoms with Gasteiger partial charge in [-0.1, -0.05) is 36.4 Å². The van der Waals surface area contributed by atoms with E-state index >= 15 is 0 Å². The molecule has 2 aromatic carbocycles. The Kier molecular flexibility index (Phi) is 7.40. The molecule has 0 unspecified atom stereocenters. The molecule has 0 fully saturated rings. The molecule has 36 heavy (non-hydrogen) atoms. The van der Waals surface area contributed by atoms with Gasteiger partial charge in [-0.3, -0.25) is 9.36 Å². The number of H-pyrrole nitrogens is 1. The van der Waals surface area contributed by atoms with Gasteiger partial charge in [0.2, 0.25) is 0 Å². The van der Waals surface area contributed by atoms with Gasteiger partial charge in [0.25, 0.3) is 12.0 Å². The van der Waals surface area contributed by atoms with Crippen LogP contribution in [-0.2, 0) is 18.3 Å². The summed E-state index contributed by atoms with van der Waals surface area (Å²) in [5, 5.41) is -0.0772. The van der Waals surface area contributed by atoms with Gasteiger partial charge in [0.1, 0.15) is 5.30 Å². The lowest BCUT2D eigenvalue weighted by atomic mass is 10.0. The summed E-state index contributed by atoms with van der Waals surface area (Å²) in [5.41, 5.74) is -0.000527. The molecule has 0 aliphatic rings. The fraction of sp³-hybridized carbons (Fsp3) is 0.280. The first-order chi connectivity index (χ1) is 17.3. The third-order valence-electron chi connectivity index (χ3n) is 5.56. The number of carbonyl (C=O) groups is 1. The molecule has 2 heterocycles. The van der Waals surface area contributed by atoms with Gasteiger partial charge in [-0.25, -0.2) is 18.1 Å². The summed E-state index contributed by atoms with van der Waals surface area (Å²) in [4.78, 5) is 29.4. The molecule has 190 valence electrons. The number of aromatic nitrogens is 2. The van der Waals surface area contributed by atoms with Crippen molar-refractivity contribution in [2.45, 2.75) is 27.2 Å². The summed E-state index contributed by atoms with van der Waals surface area (Å²) >= 11 is 0. The highest BCUT2D eigenvalue weighted by atomic mass is 31.2. The van der Waals surface area contributed by atoms with Gasteiger partial charge >= 0.3 is 13.7 Å². The maximum Gasteiger partial charge on any atom is 0.419 e. The normalized spacial score (nSPS) is 12.1. The van der Waals surface area contributed by atoms with Crippen molar-refractivity contribution in [1.29, 1.82) is 0 Å². The maximum absolute atomic E-state index is 13.9. The van der Waals surface area contributed by atoms with Crippen LogP contribution in [0.2, 0.25) is 0 Å². The molecule has 1 N–H and O–H groups in total. The predicted octanol–water partition coefficient (Wildman–Crippen LogP) is 5.98. The monoisotopic (exact) mass is 518 g/mol. The Labute approximate surface area is 205 Å². The average molecular weight is 518 g/mol. The molecule has 0 aliphatic carbocycles. The predicted molar refractivity (Wildman–Crippen MR) is 133 cm³/mol. The molecule has 0 bridgehead atoms. The molecular formula is C25H25F2N2O6P. The van der Waals surface area contributed by atoms with Crippen molar-refractivity contribution in [3.63, 3.8) is 0 Å². The maximum atomic E-state index is 13.9. The van der Waals surface area contributed by atoms with E-state index in [2.05, 4.69) is 4.98 Å². The quantitative estimate of drug-likeness (QED) is 0.288. The average Bonchev–Trinajstić information content (AvgIpc) is 3.17. The second-order valence-corrected chi connectivity index (χ2v) is 9.67. The van der Waals surface area contributed by atoms with E-state index in [0.29, 0.717) is 5.56 Å². The second-order valence-electron chi connectivity index (χ2n) is 7.71. The Hall–Kier alpha value is -3.33. The molecule has 11 heteroatoms. The van der Waals surface area contributed by atoms with E-state index in [0.717, 1.165) is 0 Å². The Morgan fingerprint density at radius 1 is 1.03 bits per heavy atom. The van der Waals surface area contributed by atoms with E-state index in [-0.39, 0.29) is 58.2 Å². The van der Waals surface area contributed by atoms with Gasteiger partial charge < -0.3 is 18.8 Å². The van der Waals surface area contributed by atoms with Crippen LogP contribution in [0.4, 0.5) is 13.6 Å². The van der Waals surface area contributed by atoms with Gasteiger partial charge in [0.15, 0.2) is 0 Å². The van der Waals surface area contributed by atoms with Crippen molar-refractivity contribution in [3.8, 4) is 11.1 Å². The zero-order chi connectivity index (χ0) is 26.0. The van der Waals surface area contributed by atoms with Gasteiger partial charge in [0, 0.05) is 16.5 Å². The number of fused-ring (bicyclic) bond motifs is 3. The molecular weight excluding hydrogens is 493 g/mol. The first kappa shape index (κ1) is 25.8. The minimum atomic E-state index is -4.18. The van der Waals surface area contributed by atoms with Crippen molar-refractivity contribution in [2.75, 3.05) is 19.8 Å². The number of rotatable bonds is 8. The number of hydrogen-bond acceptors (Lipinski definition) is 6. The van der Waals surface area contributed by atoms with Crippen LogP contribution in [0.5, 0.6) is 0 Å². The molecule has 2 aromatic heterocycles. The van der Waals surface area contributed by atoms with Gasteiger partial charge in [-0.15, -0.1) is 0 Å². The number of hydrogen-bond donors (Lipinski definition) is 1. The first-order valence-corrected chi connectivity index (χ1v) is 13.0. The highest BCUT2D eigenvalue weighted by Gasteiger charge is 2.37. The van der Waals surface area contributed by atoms with Crippen molar-refractivity contribution in [2.24, 2.45) is 0 Å². The smallest absolute Gasteiger partial charge is 0.419 e. The molecule has 8 nitrogen and oxygen atoms in total. The Bertz CT molecular complexity index is 1520. The molecule has 0 radical (unpaired) electrons. The summed E-state index contributed by atoms with van der Waals surface area (Å²) in [6.45, 7) is 4.88. The lowest BCUT2D eigenvalue weighted by Crippen LogP contribution is -2.32. The van der Waals surface area contributed by atoms with E-state index in [1.54, 1.807) is 51.1 Å². The molecule has 0 spiro atoms. The van der Waals surface area contributed by atoms with Crippen LogP contribution in [0, 0.1) is 0 Å². The zero-order valence-corrected chi connectivity index (χ0v) is 20.8. The molecule has 4 aromatic rings. The topological polar surface area (TPSA) is 99.6 Å². The standard InChI is InChI=1S/C25H25F2N2O6P/c1-4-33-25(31)29-18-13-12-16(23(26)27)14-17(18)20-21(29)19(15-10-8-7-9-11-15)22(24(30)28-20)36(32,34-5-2)35-6-3/h7-14,23H,4-6H2,1-3H3,(H,28,30). The number of nitrogens with one attached hydrogen (secondary N) is 1. The summed E-state index contributed by atoms with van der Waals surface area (Å²) < 4.78 is 58.5. The fourth-order valence-corrected chi connectivity index (χ4v) is 6.06. The van der Waals surface area contributed by atoms with Crippen LogP contribution >= 0.6 is 7.60 Å². The van der Waals surface area contributed by atoms with Crippen LogP contribution in [0.25, 0.3) is 33.1 Å². The number of ether oxygens (including phenoxy) is 1. The van der Waals surface area contributed by atoms with Gasteiger partial charge in [-0.05, 0) is 38.5 Å². The third kappa shape index (κ3) is 4.36. The van der Waals surface area contributed by atoms with Gasteiger partial charge in [-0.2, -0.15) is 0 Å². The zero-order valence-electron chi connectivity index (χ0n) is 19.9. The largest absolute Gasteiger partial charge is 0.449 e.